The number of hydrogen-bond donors (Lipinski definition) is 1. The quantitative estimate of drug-likeness (QED) is 0.822. The fraction of sp³-hybridized carbons (Fsp3) is 0.600. The van der Waals surface area contributed by atoms with Gasteiger partial charge < -0.3 is 5.73 Å². The summed E-state index contributed by atoms with van der Waals surface area (Å²) < 4.78 is 0. The topological polar surface area (TPSA) is 26.0 Å². The summed E-state index contributed by atoms with van der Waals surface area (Å²) >= 11 is 1.78. The van der Waals surface area contributed by atoms with Crippen LogP contribution in [0.15, 0.2) is 11.4 Å². The minimum Gasteiger partial charge on any atom is -0.323 e. The van der Waals surface area contributed by atoms with Crippen molar-refractivity contribution in [2.24, 2.45) is 5.73 Å². The summed E-state index contributed by atoms with van der Waals surface area (Å²) in [6.07, 6.45) is 3.59. The number of rotatable bonds is 4. The zero-order chi connectivity index (χ0) is 8.97. The van der Waals surface area contributed by atoms with Crippen LogP contribution in [-0.4, -0.2) is 0 Å². The van der Waals surface area contributed by atoms with Crippen LogP contribution in [0.3, 0.4) is 0 Å². The molecule has 3 heteroatoms. The van der Waals surface area contributed by atoms with Crippen LogP contribution in [0.1, 0.15) is 42.7 Å². The van der Waals surface area contributed by atoms with Gasteiger partial charge in [-0.1, -0.05) is 19.8 Å². The fourth-order valence-corrected chi connectivity index (χ4v) is 2.28. The molecule has 13 heavy (non-hydrogen) atoms. The Morgan fingerprint density at radius 1 is 1.54 bits per heavy atom. The Bertz CT molecular complexity index is 235. The lowest BCUT2D eigenvalue weighted by Gasteiger charge is -2.09. The van der Waals surface area contributed by atoms with Gasteiger partial charge in [0.15, 0.2) is 0 Å². The van der Waals surface area contributed by atoms with Gasteiger partial charge in [0.25, 0.3) is 0 Å². The lowest BCUT2D eigenvalue weighted by atomic mass is 10.1. The predicted molar refractivity (Wildman–Crippen MR) is 62.8 cm³/mol. The van der Waals surface area contributed by atoms with E-state index < -0.39 is 0 Å². The van der Waals surface area contributed by atoms with Gasteiger partial charge in [-0.05, 0) is 30.4 Å². The van der Waals surface area contributed by atoms with Crippen molar-refractivity contribution in [2.45, 2.75) is 39.2 Å². The van der Waals surface area contributed by atoms with E-state index in [4.69, 9.17) is 5.73 Å². The Kier molecular flexibility index (Phi) is 6.39. The Morgan fingerprint density at radius 2 is 2.23 bits per heavy atom. The maximum absolute atomic E-state index is 6.04. The predicted octanol–water partition coefficient (Wildman–Crippen LogP) is 3.67. The molecule has 0 aliphatic rings. The molecule has 76 valence electrons. The number of aryl methyl sites for hydroxylation is 1. The van der Waals surface area contributed by atoms with E-state index in [1.165, 1.54) is 23.3 Å². The first-order valence-corrected chi connectivity index (χ1v) is 5.43. The second-order valence-electron chi connectivity index (χ2n) is 3.22. The summed E-state index contributed by atoms with van der Waals surface area (Å²) in [5, 5.41) is 2.12. The molecule has 0 fully saturated rings. The fourth-order valence-electron chi connectivity index (χ4n) is 1.32. The van der Waals surface area contributed by atoms with E-state index >= 15 is 0 Å². The molecular weight excluding hydrogens is 202 g/mol. The van der Waals surface area contributed by atoms with Crippen molar-refractivity contribution in [3.05, 3.63) is 21.9 Å². The van der Waals surface area contributed by atoms with E-state index in [1.54, 1.807) is 11.3 Å². The summed E-state index contributed by atoms with van der Waals surface area (Å²) in [6, 6.07) is 2.41. The van der Waals surface area contributed by atoms with Crippen molar-refractivity contribution >= 4 is 23.7 Å². The highest BCUT2D eigenvalue weighted by Crippen LogP contribution is 2.25. The lowest BCUT2D eigenvalue weighted by Crippen LogP contribution is -2.09. The Hall–Kier alpha value is -0.0500. The van der Waals surface area contributed by atoms with E-state index in [9.17, 15) is 0 Å². The van der Waals surface area contributed by atoms with Gasteiger partial charge in [-0.25, -0.2) is 0 Å². The van der Waals surface area contributed by atoms with E-state index in [1.807, 2.05) is 0 Å². The molecule has 0 aromatic carbocycles. The van der Waals surface area contributed by atoms with Crippen LogP contribution in [0.25, 0.3) is 0 Å². The molecule has 1 unspecified atom stereocenters. The molecular formula is C10H18ClNS. The van der Waals surface area contributed by atoms with Crippen LogP contribution in [0.2, 0.25) is 0 Å². The molecule has 0 aliphatic heterocycles. The second-order valence-corrected chi connectivity index (χ2v) is 4.16. The van der Waals surface area contributed by atoms with Gasteiger partial charge in [-0.3, -0.25) is 0 Å². The van der Waals surface area contributed by atoms with Crippen molar-refractivity contribution in [2.75, 3.05) is 0 Å². The Balaban J connectivity index is 0.00000144. The second kappa shape index (κ2) is 6.41. The Morgan fingerprint density at radius 3 is 2.69 bits per heavy atom. The summed E-state index contributed by atoms with van der Waals surface area (Å²) in [4.78, 5) is 1.36. The molecule has 1 aromatic rings. The SMILES string of the molecule is CCCCC(N)c1sccc1C.Cl. The molecule has 0 saturated heterocycles. The molecule has 0 bridgehead atoms. The Labute approximate surface area is 90.8 Å². The summed E-state index contributed by atoms with van der Waals surface area (Å²) in [5.41, 5.74) is 7.39. The molecule has 0 spiro atoms. The van der Waals surface area contributed by atoms with Crippen molar-refractivity contribution < 1.29 is 0 Å². The van der Waals surface area contributed by atoms with Crippen LogP contribution in [0, 0.1) is 6.92 Å². The number of unbranched alkanes of at least 4 members (excludes halogenated alkanes) is 1. The molecule has 0 radical (unpaired) electrons. The van der Waals surface area contributed by atoms with Crippen LogP contribution in [0.5, 0.6) is 0 Å². The maximum atomic E-state index is 6.04. The molecule has 0 aliphatic carbocycles. The monoisotopic (exact) mass is 219 g/mol. The molecule has 0 amide bonds. The largest absolute Gasteiger partial charge is 0.323 e. The normalized spacial score (nSPS) is 12.2. The average Bonchev–Trinajstić information content (AvgIpc) is 2.47. The third-order valence-electron chi connectivity index (χ3n) is 2.11. The highest BCUT2D eigenvalue weighted by molar-refractivity contribution is 7.10. The first-order valence-electron chi connectivity index (χ1n) is 4.55. The maximum Gasteiger partial charge on any atom is 0.0392 e. The van der Waals surface area contributed by atoms with Gasteiger partial charge >= 0.3 is 0 Å². The van der Waals surface area contributed by atoms with Gasteiger partial charge in [0.1, 0.15) is 0 Å². The van der Waals surface area contributed by atoms with Crippen LogP contribution in [-0.2, 0) is 0 Å². The van der Waals surface area contributed by atoms with Gasteiger partial charge in [-0.2, -0.15) is 0 Å². The summed E-state index contributed by atoms with van der Waals surface area (Å²) in [6.45, 7) is 4.34. The van der Waals surface area contributed by atoms with Crippen molar-refractivity contribution in [1.29, 1.82) is 0 Å². The third-order valence-corrected chi connectivity index (χ3v) is 3.26. The van der Waals surface area contributed by atoms with Crippen molar-refractivity contribution in [1.82, 2.24) is 0 Å². The van der Waals surface area contributed by atoms with E-state index in [0.717, 1.165) is 6.42 Å². The zero-order valence-electron chi connectivity index (χ0n) is 8.25. The number of hydrogen-bond acceptors (Lipinski definition) is 2. The van der Waals surface area contributed by atoms with Gasteiger partial charge in [0, 0.05) is 10.9 Å². The molecule has 1 nitrogen and oxygen atoms in total. The van der Waals surface area contributed by atoms with Gasteiger partial charge in [0.05, 0.1) is 0 Å². The van der Waals surface area contributed by atoms with Crippen molar-refractivity contribution in [3.8, 4) is 0 Å². The minimum absolute atomic E-state index is 0. The summed E-state index contributed by atoms with van der Waals surface area (Å²) in [5.74, 6) is 0. The molecule has 1 heterocycles. The first-order chi connectivity index (χ1) is 5.75. The third kappa shape index (κ3) is 3.67. The first kappa shape index (κ1) is 12.9. The average molecular weight is 220 g/mol. The smallest absolute Gasteiger partial charge is 0.0392 e. The number of nitrogens with two attached hydrogens (primary N) is 1. The van der Waals surface area contributed by atoms with Crippen LogP contribution < -0.4 is 5.73 Å². The lowest BCUT2D eigenvalue weighted by molar-refractivity contribution is 0.609. The van der Waals surface area contributed by atoms with E-state index in [-0.39, 0.29) is 18.4 Å². The van der Waals surface area contributed by atoms with Crippen LogP contribution in [0.4, 0.5) is 0 Å². The van der Waals surface area contributed by atoms with E-state index in [2.05, 4.69) is 25.3 Å². The molecule has 1 aromatic heterocycles. The van der Waals surface area contributed by atoms with Gasteiger partial charge in [-0.15, -0.1) is 23.7 Å². The molecule has 2 N–H and O–H groups in total. The van der Waals surface area contributed by atoms with E-state index in [0.29, 0.717) is 0 Å². The molecule has 1 rings (SSSR count). The molecule has 1 atom stereocenters. The van der Waals surface area contributed by atoms with Gasteiger partial charge in [0.2, 0.25) is 0 Å². The zero-order valence-corrected chi connectivity index (χ0v) is 9.88. The number of thiophene rings is 1. The van der Waals surface area contributed by atoms with Crippen molar-refractivity contribution in [3.63, 3.8) is 0 Å². The molecule has 0 saturated carbocycles. The minimum atomic E-state index is 0. The standard InChI is InChI=1S/C10H17NS.ClH/c1-3-4-5-9(11)10-8(2)6-7-12-10;/h6-7,9H,3-5,11H2,1-2H3;1H. The van der Waals surface area contributed by atoms with Crippen LogP contribution >= 0.6 is 23.7 Å². The summed E-state index contributed by atoms with van der Waals surface area (Å²) in [7, 11) is 0. The number of halogens is 1. The highest BCUT2D eigenvalue weighted by atomic mass is 35.5. The highest BCUT2D eigenvalue weighted by Gasteiger charge is 2.08.